The molecule has 0 fully saturated rings. The number of aliphatic carboxylic acids is 1. The van der Waals surface area contributed by atoms with Gasteiger partial charge in [0.15, 0.2) is 0 Å². The molecule has 0 heterocycles. The Kier molecular flexibility index (Phi) is 5.36. The zero-order valence-electron chi connectivity index (χ0n) is 11.5. The molecule has 19 heavy (non-hydrogen) atoms. The molecule has 0 saturated heterocycles. The highest BCUT2D eigenvalue weighted by atomic mass is 16.4. The summed E-state index contributed by atoms with van der Waals surface area (Å²) in [5.41, 5.74) is 1.73. The lowest BCUT2D eigenvalue weighted by atomic mass is 9.94. The minimum Gasteiger partial charge on any atom is -0.481 e. The minimum absolute atomic E-state index is 0.201. The third kappa shape index (κ3) is 4.28. The summed E-state index contributed by atoms with van der Waals surface area (Å²) >= 11 is 0. The second-order valence-electron chi connectivity index (χ2n) is 4.53. The first-order chi connectivity index (χ1) is 8.95. The highest BCUT2D eigenvalue weighted by Crippen LogP contribution is 2.22. The Bertz CT molecular complexity index is 441. The largest absolute Gasteiger partial charge is 0.481 e. The number of carbonyl (C=O) groups is 2. The Morgan fingerprint density at radius 2 is 1.84 bits per heavy atom. The molecule has 0 aromatic heterocycles. The van der Waals surface area contributed by atoms with Gasteiger partial charge in [-0.15, -0.1) is 0 Å². The number of anilines is 1. The normalized spacial score (nSPS) is 11.7. The smallest absolute Gasteiger partial charge is 0.304 e. The number of nitrogens with one attached hydrogen (secondary N) is 1. The summed E-state index contributed by atoms with van der Waals surface area (Å²) in [6.45, 7) is 2.30. The second kappa shape index (κ2) is 6.78. The summed E-state index contributed by atoms with van der Waals surface area (Å²) in [5.74, 6) is -1.87. The van der Waals surface area contributed by atoms with E-state index in [0.717, 1.165) is 11.3 Å². The van der Waals surface area contributed by atoms with E-state index in [1.165, 1.54) is 0 Å². The van der Waals surface area contributed by atoms with E-state index < -0.39 is 11.9 Å². The zero-order chi connectivity index (χ0) is 14.4. The number of benzene rings is 1. The van der Waals surface area contributed by atoms with Crippen molar-refractivity contribution in [1.29, 1.82) is 0 Å². The average molecular weight is 264 g/mol. The van der Waals surface area contributed by atoms with Crippen LogP contribution in [0.2, 0.25) is 0 Å². The van der Waals surface area contributed by atoms with Crippen molar-refractivity contribution in [3.8, 4) is 0 Å². The van der Waals surface area contributed by atoms with Gasteiger partial charge >= 0.3 is 5.97 Å². The SMILES string of the molecule is CCNC(=O)C(CC(=O)O)c1ccc(N(C)C)cc1. The van der Waals surface area contributed by atoms with Crippen molar-refractivity contribution in [2.75, 3.05) is 25.5 Å². The molecular formula is C14H20N2O3. The number of amides is 1. The lowest BCUT2D eigenvalue weighted by Crippen LogP contribution is -2.30. The van der Waals surface area contributed by atoms with Gasteiger partial charge in [-0.1, -0.05) is 12.1 Å². The molecule has 0 spiro atoms. The fourth-order valence-electron chi connectivity index (χ4n) is 1.84. The van der Waals surface area contributed by atoms with E-state index in [2.05, 4.69) is 5.32 Å². The van der Waals surface area contributed by atoms with Crippen LogP contribution in [-0.4, -0.2) is 37.6 Å². The second-order valence-corrected chi connectivity index (χ2v) is 4.53. The standard InChI is InChI=1S/C14H20N2O3/c1-4-15-14(19)12(9-13(17)18)10-5-7-11(8-6-10)16(2)3/h5-8,12H,4,9H2,1-3H3,(H,15,19)(H,17,18). The van der Waals surface area contributed by atoms with E-state index in [1.807, 2.05) is 38.1 Å². The monoisotopic (exact) mass is 264 g/mol. The van der Waals surface area contributed by atoms with E-state index >= 15 is 0 Å². The summed E-state index contributed by atoms with van der Waals surface area (Å²) in [5, 5.41) is 11.6. The van der Waals surface area contributed by atoms with Gasteiger partial charge in [-0.05, 0) is 24.6 Å². The van der Waals surface area contributed by atoms with Crippen molar-refractivity contribution in [3.63, 3.8) is 0 Å². The first kappa shape index (κ1) is 15.0. The van der Waals surface area contributed by atoms with Crippen molar-refractivity contribution >= 4 is 17.6 Å². The number of rotatable bonds is 6. The molecule has 5 nitrogen and oxygen atoms in total. The van der Waals surface area contributed by atoms with Gasteiger partial charge in [0.05, 0.1) is 12.3 Å². The van der Waals surface area contributed by atoms with Crippen molar-refractivity contribution < 1.29 is 14.7 Å². The first-order valence-corrected chi connectivity index (χ1v) is 6.22. The molecule has 0 aliphatic heterocycles. The highest BCUT2D eigenvalue weighted by molar-refractivity contribution is 5.87. The Morgan fingerprint density at radius 3 is 2.26 bits per heavy atom. The van der Waals surface area contributed by atoms with Crippen LogP contribution in [-0.2, 0) is 9.59 Å². The Hall–Kier alpha value is -2.04. The van der Waals surface area contributed by atoms with Crippen LogP contribution in [0.5, 0.6) is 0 Å². The molecule has 1 amide bonds. The molecule has 0 radical (unpaired) electrons. The molecule has 1 rings (SSSR count). The molecule has 0 aliphatic rings. The number of carbonyl (C=O) groups excluding carboxylic acids is 1. The number of carboxylic acid groups (broad SMARTS) is 1. The Balaban J connectivity index is 2.96. The number of hydrogen-bond donors (Lipinski definition) is 2. The molecule has 0 bridgehead atoms. The van der Waals surface area contributed by atoms with Crippen LogP contribution < -0.4 is 10.2 Å². The summed E-state index contributed by atoms with van der Waals surface area (Å²) in [4.78, 5) is 24.7. The van der Waals surface area contributed by atoms with Crippen LogP contribution in [0.4, 0.5) is 5.69 Å². The van der Waals surface area contributed by atoms with Gasteiger partial charge in [-0.3, -0.25) is 9.59 Å². The van der Waals surface area contributed by atoms with Crippen molar-refractivity contribution in [2.24, 2.45) is 0 Å². The number of carboxylic acids is 1. The number of likely N-dealkylation sites (N-methyl/N-ethyl adjacent to an activating group) is 1. The Morgan fingerprint density at radius 1 is 1.26 bits per heavy atom. The van der Waals surface area contributed by atoms with Gasteiger partial charge in [0.2, 0.25) is 5.91 Å². The van der Waals surface area contributed by atoms with Gasteiger partial charge in [0.25, 0.3) is 0 Å². The van der Waals surface area contributed by atoms with Crippen LogP contribution in [0.15, 0.2) is 24.3 Å². The molecule has 5 heteroatoms. The molecule has 104 valence electrons. The summed E-state index contributed by atoms with van der Waals surface area (Å²) in [6.07, 6.45) is -0.201. The predicted molar refractivity (Wildman–Crippen MR) is 74.4 cm³/mol. The van der Waals surface area contributed by atoms with Crippen LogP contribution >= 0.6 is 0 Å². The summed E-state index contributed by atoms with van der Waals surface area (Å²) < 4.78 is 0. The quantitative estimate of drug-likeness (QED) is 0.816. The summed E-state index contributed by atoms with van der Waals surface area (Å²) in [6, 6.07) is 7.36. The third-order valence-electron chi connectivity index (χ3n) is 2.86. The van der Waals surface area contributed by atoms with Gasteiger partial charge in [0.1, 0.15) is 0 Å². The van der Waals surface area contributed by atoms with E-state index in [9.17, 15) is 9.59 Å². The topological polar surface area (TPSA) is 69.6 Å². The van der Waals surface area contributed by atoms with Crippen molar-refractivity contribution in [2.45, 2.75) is 19.3 Å². The zero-order valence-corrected chi connectivity index (χ0v) is 11.5. The molecule has 1 atom stereocenters. The molecule has 2 N–H and O–H groups in total. The average Bonchev–Trinajstić information content (AvgIpc) is 2.36. The molecule has 1 aromatic rings. The van der Waals surface area contributed by atoms with E-state index in [0.29, 0.717) is 6.54 Å². The van der Waals surface area contributed by atoms with E-state index in [-0.39, 0.29) is 12.3 Å². The van der Waals surface area contributed by atoms with Gasteiger partial charge in [-0.25, -0.2) is 0 Å². The van der Waals surface area contributed by atoms with Crippen LogP contribution in [0.3, 0.4) is 0 Å². The maximum Gasteiger partial charge on any atom is 0.304 e. The van der Waals surface area contributed by atoms with Crippen molar-refractivity contribution in [3.05, 3.63) is 29.8 Å². The van der Waals surface area contributed by atoms with Crippen LogP contribution in [0.25, 0.3) is 0 Å². The molecule has 0 saturated carbocycles. The fourth-order valence-corrected chi connectivity index (χ4v) is 1.84. The highest BCUT2D eigenvalue weighted by Gasteiger charge is 2.23. The number of hydrogen-bond acceptors (Lipinski definition) is 3. The van der Waals surface area contributed by atoms with Crippen molar-refractivity contribution in [1.82, 2.24) is 5.32 Å². The van der Waals surface area contributed by atoms with Crippen LogP contribution in [0, 0.1) is 0 Å². The lowest BCUT2D eigenvalue weighted by Gasteiger charge is -2.17. The third-order valence-corrected chi connectivity index (χ3v) is 2.86. The first-order valence-electron chi connectivity index (χ1n) is 6.22. The van der Waals surface area contributed by atoms with Gasteiger partial charge in [-0.2, -0.15) is 0 Å². The minimum atomic E-state index is -0.979. The fraction of sp³-hybridized carbons (Fsp3) is 0.429. The molecule has 1 aromatic carbocycles. The lowest BCUT2D eigenvalue weighted by molar-refractivity contribution is -0.139. The summed E-state index contributed by atoms with van der Waals surface area (Å²) in [7, 11) is 3.85. The maximum absolute atomic E-state index is 11.9. The van der Waals surface area contributed by atoms with Gasteiger partial charge < -0.3 is 15.3 Å². The molecule has 0 aliphatic carbocycles. The van der Waals surface area contributed by atoms with Crippen LogP contribution in [0.1, 0.15) is 24.8 Å². The predicted octanol–water partition coefficient (Wildman–Crippen LogP) is 1.45. The molecule has 1 unspecified atom stereocenters. The number of nitrogens with zero attached hydrogens (tertiary/aromatic N) is 1. The van der Waals surface area contributed by atoms with E-state index in [4.69, 9.17) is 5.11 Å². The molecular weight excluding hydrogens is 244 g/mol. The van der Waals surface area contributed by atoms with E-state index in [1.54, 1.807) is 12.1 Å². The van der Waals surface area contributed by atoms with Gasteiger partial charge in [0, 0.05) is 26.3 Å². The maximum atomic E-state index is 11.9. The Labute approximate surface area is 113 Å².